The molecule has 3 N–H and O–H groups in total. The van der Waals surface area contributed by atoms with Crippen molar-refractivity contribution in [1.82, 2.24) is 15.8 Å². The SMILES string of the molecule is CCC[C@H](C)NNC(=O)c1cc2ccccc2[nH]1. The minimum absolute atomic E-state index is 0.130. The lowest BCUT2D eigenvalue weighted by atomic mass is 10.2. The Morgan fingerprint density at radius 2 is 2.17 bits per heavy atom. The lowest BCUT2D eigenvalue weighted by molar-refractivity contribution is 0.0921. The number of carbonyl (C=O) groups excluding carboxylic acids is 1. The van der Waals surface area contributed by atoms with Crippen molar-refractivity contribution < 1.29 is 4.79 Å². The van der Waals surface area contributed by atoms with Gasteiger partial charge in [0.2, 0.25) is 0 Å². The molecule has 0 aliphatic heterocycles. The van der Waals surface area contributed by atoms with Crippen molar-refractivity contribution in [3.8, 4) is 0 Å². The van der Waals surface area contributed by atoms with E-state index in [4.69, 9.17) is 0 Å². The average molecular weight is 245 g/mol. The summed E-state index contributed by atoms with van der Waals surface area (Å²) < 4.78 is 0. The molecule has 2 aromatic rings. The first-order chi connectivity index (χ1) is 8.70. The number of fused-ring (bicyclic) bond motifs is 1. The fourth-order valence-electron chi connectivity index (χ4n) is 1.96. The van der Waals surface area contributed by atoms with Crippen molar-refractivity contribution in [2.24, 2.45) is 0 Å². The maximum Gasteiger partial charge on any atom is 0.281 e. The number of hydrogen-bond acceptors (Lipinski definition) is 2. The number of benzene rings is 1. The molecular formula is C14H19N3O. The Labute approximate surface area is 107 Å². The fraction of sp³-hybridized carbons (Fsp3) is 0.357. The number of aromatic amines is 1. The van der Waals surface area contributed by atoms with Crippen molar-refractivity contribution in [2.75, 3.05) is 0 Å². The molecule has 0 saturated carbocycles. The Hall–Kier alpha value is -1.81. The number of carbonyl (C=O) groups is 1. The zero-order chi connectivity index (χ0) is 13.0. The Bertz CT molecular complexity index is 500. The molecule has 1 atom stereocenters. The van der Waals surface area contributed by atoms with E-state index in [1.165, 1.54) is 0 Å². The van der Waals surface area contributed by atoms with Crippen LogP contribution in [0.15, 0.2) is 30.3 Å². The molecule has 1 amide bonds. The van der Waals surface area contributed by atoms with Gasteiger partial charge in [-0.1, -0.05) is 31.5 Å². The number of para-hydroxylation sites is 1. The summed E-state index contributed by atoms with van der Waals surface area (Å²) in [5, 5.41) is 1.05. The van der Waals surface area contributed by atoms with E-state index in [1.807, 2.05) is 30.3 Å². The van der Waals surface area contributed by atoms with Crippen LogP contribution < -0.4 is 10.9 Å². The molecule has 0 fully saturated rings. The number of rotatable bonds is 5. The third-order valence-corrected chi connectivity index (χ3v) is 2.93. The molecule has 0 radical (unpaired) electrons. The first kappa shape index (κ1) is 12.6. The summed E-state index contributed by atoms with van der Waals surface area (Å²) in [4.78, 5) is 15.0. The highest BCUT2D eigenvalue weighted by Gasteiger charge is 2.09. The monoisotopic (exact) mass is 245 g/mol. The van der Waals surface area contributed by atoms with Gasteiger partial charge >= 0.3 is 0 Å². The maximum absolute atomic E-state index is 11.9. The van der Waals surface area contributed by atoms with E-state index in [-0.39, 0.29) is 11.9 Å². The maximum atomic E-state index is 11.9. The van der Waals surface area contributed by atoms with Crippen LogP contribution >= 0.6 is 0 Å². The number of amides is 1. The van der Waals surface area contributed by atoms with Crippen LogP contribution in [0.25, 0.3) is 10.9 Å². The summed E-state index contributed by atoms with van der Waals surface area (Å²) in [5.41, 5.74) is 7.28. The first-order valence-electron chi connectivity index (χ1n) is 6.34. The van der Waals surface area contributed by atoms with Gasteiger partial charge in [-0.3, -0.25) is 10.2 Å². The second-order valence-electron chi connectivity index (χ2n) is 4.56. The number of aromatic nitrogens is 1. The van der Waals surface area contributed by atoms with Crippen LogP contribution in [0.5, 0.6) is 0 Å². The standard InChI is InChI=1S/C14H19N3O/c1-3-6-10(2)16-17-14(18)13-9-11-7-4-5-8-12(11)15-13/h4-5,7-10,15-16H,3,6H2,1-2H3,(H,17,18)/t10-/m0/s1. The van der Waals surface area contributed by atoms with Crippen molar-refractivity contribution in [2.45, 2.75) is 32.7 Å². The van der Waals surface area contributed by atoms with Gasteiger partial charge in [-0.15, -0.1) is 0 Å². The first-order valence-corrected chi connectivity index (χ1v) is 6.34. The molecule has 0 spiro atoms. The molecule has 0 bridgehead atoms. The number of H-pyrrole nitrogens is 1. The molecule has 18 heavy (non-hydrogen) atoms. The smallest absolute Gasteiger partial charge is 0.281 e. The van der Waals surface area contributed by atoms with Crippen LogP contribution in [-0.2, 0) is 0 Å². The lowest BCUT2D eigenvalue weighted by Gasteiger charge is -2.12. The van der Waals surface area contributed by atoms with Gasteiger partial charge < -0.3 is 4.98 Å². The van der Waals surface area contributed by atoms with Crippen LogP contribution in [0.1, 0.15) is 37.2 Å². The molecule has 2 rings (SSSR count). The Morgan fingerprint density at radius 3 is 2.89 bits per heavy atom. The van der Waals surface area contributed by atoms with E-state index in [0.717, 1.165) is 23.7 Å². The Balaban J connectivity index is 2.00. The van der Waals surface area contributed by atoms with Crippen LogP contribution in [0.4, 0.5) is 0 Å². The molecule has 1 heterocycles. The number of hydrazine groups is 1. The fourth-order valence-corrected chi connectivity index (χ4v) is 1.96. The van der Waals surface area contributed by atoms with Crippen molar-refractivity contribution in [3.63, 3.8) is 0 Å². The molecule has 1 aromatic carbocycles. The second kappa shape index (κ2) is 5.69. The molecule has 4 nitrogen and oxygen atoms in total. The van der Waals surface area contributed by atoms with Crippen molar-refractivity contribution in [1.29, 1.82) is 0 Å². The zero-order valence-electron chi connectivity index (χ0n) is 10.8. The summed E-state index contributed by atoms with van der Waals surface area (Å²) in [5.74, 6) is -0.130. The predicted molar refractivity (Wildman–Crippen MR) is 73.3 cm³/mol. The van der Waals surface area contributed by atoms with E-state index in [0.29, 0.717) is 5.69 Å². The number of hydrogen-bond donors (Lipinski definition) is 3. The minimum atomic E-state index is -0.130. The summed E-state index contributed by atoms with van der Waals surface area (Å²) in [6.07, 6.45) is 2.13. The van der Waals surface area contributed by atoms with Crippen molar-refractivity contribution >= 4 is 16.8 Å². The summed E-state index contributed by atoms with van der Waals surface area (Å²) in [6.45, 7) is 4.17. The number of nitrogens with one attached hydrogen (secondary N) is 3. The van der Waals surface area contributed by atoms with E-state index in [9.17, 15) is 4.79 Å². The van der Waals surface area contributed by atoms with Crippen LogP contribution in [0.2, 0.25) is 0 Å². The molecule has 96 valence electrons. The molecule has 0 saturated heterocycles. The zero-order valence-corrected chi connectivity index (χ0v) is 10.8. The van der Waals surface area contributed by atoms with E-state index >= 15 is 0 Å². The van der Waals surface area contributed by atoms with Crippen LogP contribution in [-0.4, -0.2) is 16.9 Å². The molecule has 0 aliphatic rings. The highest BCUT2D eigenvalue weighted by atomic mass is 16.2. The van der Waals surface area contributed by atoms with E-state index < -0.39 is 0 Å². The van der Waals surface area contributed by atoms with Gasteiger partial charge in [0.25, 0.3) is 5.91 Å². The second-order valence-corrected chi connectivity index (χ2v) is 4.56. The van der Waals surface area contributed by atoms with Gasteiger partial charge in [0, 0.05) is 16.9 Å². The van der Waals surface area contributed by atoms with Crippen LogP contribution in [0, 0.1) is 0 Å². The van der Waals surface area contributed by atoms with Gasteiger partial charge in [0.15, 0.2) is 0 Å². The topological polar surface area (TPSA) is 56.9 Å². The molecular weight excluding hydrogens is 226 g/mol. The molecule has 0 unspecified atom stereocenters. The largest absolute Gasteiger partial charge is 0.350 e. The average Bonchev–Trinajstić information content (AvgIpc) is 2.80. The molecule has 1 aromatic heterocycles. The molecule has 0 aliphatic carbocycles. The van der Waals surface area contributed by atoms with E-state index in [1.54, 1.807) is 0 Å². The highest BCUT2D eigenvalue weighted by molar-refractivity contribution is 5.97. The minimum Gasteiger partial charge on any atom is -0.350 e. The van der Waals surface area contributed by atoms with Gasteiger partial charge in [-0.25, -0.2) is 5.43 Å². The normalized spacial score (nSPS) is 12.6. The predicted octanol–water partition coefficient (Wildman–Crippen LogP) is 2.59. The van der Waals surface area contributed by atoms with Crippen molar-refractivity contribution in [3.05, 3.63) is 36.0 Å². The van der Waals surface area contributed by atoms with Gasteiger partial charge in [-0.05, 0) is 25.5 Å². The Kier molecular flexibility index (Phi) is 3.99. The third kappa shape index (κ3) is 2.90. The molecule has 4 heteroatoms. The van der Waals surface area contributed by atoms with Gasteiger partial charge in [0.1, 0.15) is 5.69 Å². The third-order valence-electron chi connectivity index (χ3n) is 2.93. The van der Waals surface area contributed by atoms with E-state index in [2.05, 4.69) is 29.7 Å². The van der Waals surface area contributed by atoms with Gasteiger partial charge in [-0.2, -0.15) is 0 Å². The highest BCUT2D eigenvalue weighted by Crippen LogP contribution is 2.14. The van der Waals surface area contributed by atoms with Gasteiger partial charge in [0.05, 0.1) is 0 Å². The van der Waals surface area contributed by atoms with Crippen LogP contribution in [0.3, 0.4) is 0 Å². The lowest BCUT2D eigenvalue weighted by Crippen LogP contribution is -2.43. The summed E-state index contributed by atoms with van der Waals surface area (Å²) in [6, 6.07) is 9.98. The quantitative estimate of drug-likeness (QED) is 0.709. The summed E-state index contributed by atoms with van der Waals surface area (Å²) in [7, 11) is 0. The Morgan fingerprint density at radius 1 is 1.39 bits per heavy atom. The summed E-state index contributed by atoms with van der Waals surface area (Å²) >= 11 is 0.